The third-order valence-electron chi connectivity index (χ3n) is 2.66. The van der Waals surface area contributed by atoms with Gasteiger partial charge >= 0.3 is 5.97 Å². The van der Waals surface area contributed by atoms with Crippen LogP contribution in [0, 0.1) is 0 Å². The first kappa shape index (κ1) is 15.5. The number of hydrogen-bond donors (Lipinski definition) is 2. The molecule has 0 saturated heterocycles. The number of carbonyl (C=O) groups is 1. The van der Waals surface area contributed by atoms with Crippen LogP contribution in [0.25, 0.3) is 0 Å². The maximum absolute atomic E-state index is 11.5. The van der Waals surface area contributed by atoms with Crippen LogP contribution in [-0.2, 0) is 16.0 Å². The number of benzene rings is 1. The van der Waals surface area contributed by atoms with Crippen LogP contribution in [0.4, 0.5) is 0 Å². The van der Waals surface area contributed by atoms with E-state index in [9.17, 15) is 4.79 Å². The van der Waals surface area contributed by atoms with Crippen LogP contribution in [0.3, 0.4) is 0 Å². The first-order valence-electron chi connectivity index (χ1n) is 6.37. The van der Waals surface area contributed by atoms with Crippen LogP contribution in [0.5, 0.6) is 5.75 Å². The molecular formula is C14H21NO4. The van der Waals surface area contributed by atoms with Crippen LogP contribution in [0.2, 0.25) is 0 Å². The molecule has 0 aliphatic heterocycles. The van der Waals surface area contributed by atoms with Crippen molar-refractivity contribution in [2.24, 2.45) is 0 Å². The lowest BCUT2D eigenvalue weighted by atomic mass is 10.1. The predicted octanol–water partition coefficient (Wildman–Crippen LogP) is 0.751. The molecule has 0 amide bonds. The zero-order chi connectivity index (χ0) is 14.1. The van der Waals surface area contributed by atoms with E-state index >= 15 is 0 Å². The zero-order valence-electron chi connectivity index (χ0n) is 11.4. The largest absolute Gasteiger partial charge is 0.491 e. The Morgan fingerprint density at radius 3 is 2.58 bits per heavy atom. The van der Waals surface area contributed by atoms with Crippen molar-refractivity contribution in [2.45, 2.75) is 19.4 Å². The Morgan fingerprint density at radius 2 is 2.05 bits per heavy atom. The summed E-state index contributed by atoms with van der Waals surface area (Å²) in [5.74, 6) is 0.369. The van der Waals surface area contributed by atoms with Gasteiger partial charge in [-0.15, -0.1) is 0 Å². The number of rotatable bonds is 8. The second-order valence-electron chi connectivity index (χ2n) is 4.02. The minimum atomic E-state index is -0.475. The van der Waals surface area contributed by atoms with Gasteiger partial charge in [0.15, 0.2) is 0 Å². The number of ether oxygens (including phenoxy) is 2. The minimum absolute atomic E-state index is 0.130. The molecule has 0 spiro atoms. The summed E-state index contributed by atoms with van der Waals surface area (Å²) in [5, 5.41) is 11.7. The quantitative estimate of drug-likeness (QED) is 0.680. The van der Waals surface area contributed by atoms with Gasteiger partial charge in [-0.05, 0) is 38.1 Å². The van der Waals surface area contributed by atoms with E-state index in [1.807, 2.05) is 24.3 Å². The molecule has 1 unspecified atom stereocenters. The van der Waals surface area contributed by atoms with E-state index in [4.69, 9.17) is 14.6 Å². The maximum Gasteiger partial charge on any atom is 0.326 e. The highest BCUT2D eigenvalue weighted by atomic mass is 16.5. The molecule has 106 valence electrons. The van der Waals surface area contributed by atoms with Crippen molar-refractivity contribution in [2.75, 3.05) is 26.9 Å². The van der Waals surface area contributed by atoms with E-state index < -0.39 is 6.04 Å². The predicted molar refractivity (Wildman–Crippen MR) is 72.2 cm³/mol. The average molecular weight is 267 g/mol. The van der Waals surface area contributed by atoms with E-state index in [1.165, 1.54) is 0 Å². The molecule has 1 atom stereocenters. The standard InChI is InChI=1S/C14H21NO4/c1-3-18-14(17)13(15-2)10-19-12-6-4-11(5-7-12)8-9-16/h4-7,13,15-16H,3,8-10H2,1-2H3. The number of nitrogens with one attached hydrogen (secondary N) is 1. The summed E-state index contributed by atoms with van der Waals surface area (Å²) >= 11 is 0. The molecule has 1 aromatic rings. The molecule has 0 aliphatic carbocycles. The molecule has 2 N–H and O–H groups in total. The van der Waals surface area contributed by atoms with Crippen LogP contribution in [0.15, 0.2) is 24.3 Å². The van der Waals surface area contributed by atoms with E-state index in [1.54, 1.807) is 14.0 Å². The second kappa shape index (κ2) is 8.50. The number of likely N-dealkylation sites (N-methyl/N-ethyl adjacent to an activating group) is 1. The highest BCUT2D eigenvalue weighted by Crippen LogP contribution is 2.12. The zero-order valence-corrected chi connectivity index (χ0v) is 11.4. The van der Waals surface area contributed by atoms with Gasteiger partial charge in [0, 0.05) is 6.61 Å². The maximum atomic E-state index is 11.5. The van der Waals surface area contributed by atoms with Gasteiger partial charge in [0.25, 0.3) is 0 Å². The summed E-state index contributed by atoms with van der Waals surface area (Å²) in [6.07, 6.45) is 0.627. The average Bonchev–Trinajstić information content (AvgIpc) is 2.42. The Kier molecular flexibility index (Phi) is 6.92. The lowest BCUT2D eigenvalue weighted by Gasteiger charge is -2.15. The molecule has 0 fully saturated rings. The number of esters is 1. The molecule has 0 radical (unpaired) electrons. The van der Waals surface area contributed by atoms with Crippen molar-refractivity contribution >= 4 is 5.97 Å². The Morgan fingerprint density at radius 1 is 1.37 bits per heavy atom. The summed E-state index contributed by atoms with van der Waals surface area (Å²) in [6, 6.07) is 6.96. The second-order valence-corrected chi connectivity index (χ2v) is 4.02. The molecule has 0 aromatic heterocycles. The number of aliphatic hydroxyl groups is 1. The Bertz CT molecular complexity index is 378. The van der Waals surface area contributed by atoms with Gasteiger partial charge in [0.2, 0.25) is 0 Å². The first-order valence-corrected chi connectivity index (χ1v) is 6.37. The normalized spacial score (nSPS) is 11.9. The lowest BCUT2D eigenvalue weighted by Crippen LogP contribution is -2.40. The van der Waals surface area contributed by atoms with Crippen molar-refractivity contribution in [3.63, 3.8) is 0 Å². The smallest absolute Gasteiger partial charge is 0.326 e. The van der Waals surface area contributed by atoms with Crippen LogP contribution in [0.1, 0.15) is 12.5 Å². The Hall–Kier alpha value is -1.59. The Balaban J connectivity index is 2.47. The summed E-state index contributed by atoms with van der Waals surface area (Å²) in [6.45, 7) is 2.47. The van der Waals surface area contributed by atoms with E-state index in [0.717, 1.165) is 5.56 Å². The van der Waals surface area contributed by atoms with Crippen molar-refractivity contribution in [1.29, 1.82) is 0 Å². The highest BCUT2D eigenvalue weighted by Gasteiger charge is 2.18. The molecular weight excluding hydrogens is 246 g/mol. The highest BCUT2D eigenvalue weighted by molar-refractivity contribution is 5.75. The van der Waals surface area contributed by atoms with Gasteiger partial charge in [-0.1, -0.05) is 12.1 Å². The molecule has 0 heterocycles. The van der Waals surface area contributed by atoms with E-state index in [0.29, 0.717) is 18.8 Å². The fourth-order valence-electron chi connectivity index (χ4n) is 1.57. The molecule has 1 aromatic carbocycles. The van der Waals surface area contributed by atoms with Crippen molar-refractivity contribution in [3.05, 3.63) is 29.8 Å². The fraction of sp³-hybridized carbons (Fsp3) is 0.500. The van der Waals surface area contributed by atoms with Crippen molar-refractivity contribution in [3.8, 4) is 5.75 Å². The van der Waals surface area contributed by atoms with Gasteiger partial charge in [-0.3, -0.25) is 4.79 Å². The van der Waals surface area contributed by atoms with Gasteiger partial charge in [0.05, 0.1) is 6.61 Å². The molecule has 0 saturated carbocycles. The molecule has 19 heavy (non-hydrogen) atoms. The number of hydrogen-bond acceptors (Lipinski definition) is 5. The molecule has 0 bridgehead atoms. The molecule has 5 heteroatoms. The number of carbonyl (C=O) groups excluding carboxylic acids is 1. The SMILES string of the molecule is CCOC(=O)C(COc1ccc(CCO)cc1)NC. The number of aliphatic hydroxyl groups excluding tert-OH is 1. The van der Waals surface area contributed by atoms with Crippen LogP contribution in [-0.4, -0.2) is 44.0 Å². The third-order valence-corrected chi connectivity index (χ3v) is 2.66. The summed E-state index contributed by atoms with van der Waals surface area (Å²) in [5.41, 5.74) is 1.05. The summed E-state index contributed by atoms with van der Waals surface area (Å²) in [7, 11) is 1.69. The summed E-state index contributed by atoms with van der Waals surface area (Å²) in [4.78, 5) is 11.5. The lowest BCUT2D eigenvalue weighted by molar-refractivity contribution is -0.146. The topological polar surface area (TPSA) is 67.8 Å². The molecule has 5 nitrogen and oxygen atoms in total. The molecule has 0 aliphatic rings. The van der Waals surface area contributed by atoms with Crippen molar-refractivity contribution in [1.82, 2.24) is 5.32 Å². The van der Waals surface area contributed by atoms with Crippen LogP contribution < -0.4 is 10.1 Å². The molecule has 1 rings (SSSR count). The van der Waals surface area contributed by atoms with Gasteiger partial charge < -0.3 is 19.9 Å². The third kappa shape index (κ3) is 5.28. The minimum Gasteiger partial charge on any atom is -0.491 e. The fourth-order valence-corrected chi connectivity index (χ4v) is 1.57. The van der Waals surface area contributed by atoms with Crippen molar-refractivity contribution < 1.29 is 19.4 Å². The van der Waals surface area contributed by atoms with E-state index in [-0.39, 0.29) is 19.2 Å². The van der Waals surface area contributed by atoms with E-state index in [2.05, 4.69) is 5.32 Å². The van der Waals surface area contributed by atoms with Gasteiger partial charge in [-0.25, -0.2) is 0 Å². The van der Waals surface area contributed by atoms with Gasteiger partial charge in [0.1, 0.15) is 18.4 Å². The van der Waals surface area contributed by atoms with Gasteiger partial charge in [-0.2, -0.15) is 0 Å². The summed E-state index contributed by atoms with van der Waals surface area (Å²) < 4.78 is 10.5. The Labute approximate surface area is 113 Å². The van der Waals surface area contributed by atoms with Crippen LogP contribution >= 0.6 is 0 Å². The first-order chi connectivity index (χ1) is 9.21. The monoisotopic (exact) mass is 267 g/mol.